The number of hydrogen-bond acceptors (Lipinski definition) is 2. The molecule has 0 atom stereocenters. The first-order valence-corrected chi connectivity index (χ1v) is 10.4. The van der Waals surface area contributed by atoms with Gasteiger partial charge in [0.1, 0.15) is 0 Å². The lowest BCUT2D eigenvalue weighted by Crippen LogP contribution is -2.15. The van der Waals surface area contributed by atoms with Crippen LogP contribution in [0.4, 0.5) is 11.4 Å². The summed E-state index contributed by atoms with van der Waals surface area (Å²) in [7, 11) is 0. The van der Waals surface area contributed by atoms with Crippen molar-refractivity contribution in [3.05, 3.63) is 46.5 Å². The molecule has 0 fully saturated rings. The van der Waals surface area contributed by atoms with Crippen LogP contribution in [0.2, 0.25) is 0 Å². The van der Waals surface area contributed by atoms with Crippen LogP contribution in [0.3, 0.4) is 0 Å². The van der Waals surface area contributed by atoms with E-state index in [2.05, 4.69) is 22.8 Å². The fourth-order valence-electron chi connectivity index (χ4n) is 4.81. The van der Waals surface area contributed by atoms with Gasteiger partial charge in [-0.15, -0.1) is 0 Å². The Morgan fingerprint density at radius 2 is 1.04 bits per heavy atom. The van der Waals surface area contributed by atoms with E-state index in [-0.39, 0.29) is 11.8 Å². The molecule has 2 N–H and O–H groups in total. The van der Waals surface area contributed by atoms with Crippen molar-refractivity contribution in [3.8, 4) is 11.1 Å². The zero-order valence-corrected chi connectivity index (χ0v) is 16.8. The number of amides is 2. The first-order chi connectivity index (χ1) is 13.5. The standard InChI is InChI=1S/C24H28N2O2/c1-15(27)25-21-13-11-17-7-3-5-9-19(17)23(21)24-20-10-6-4-8-18(20)12-14-22(24)26-16(2)28/h11-14H,3-10H2,1-2H3,(H,25,27)(H,26,28). The molecule has 2 amide bonds. The Labute approximate surface area is 166 Å². The molecule has 2 aliphatic rings. The molecule has 28 heavy (non-hydrogen) atoms. The maximum Gasteiger partial charge on any atom is 0.221 e. The lowest BCUT2D eigenvalue weighted by Gasteiger charge is -2.28. The van der Waals surface area contributed by atoms with E-state index in [0.717, 1.165) is 61.0 Å². The summed E-state index contributed by atoms with van der Waals surface area (Å²) < 4.78 is 0. The van der Waals surface area contributed by atoms with Gasteiger partial charge in [-0.05, 0) is 85.8 Å². The Hall–Kier alpha value is -2.62. The van der Waals surface area contributed by atoms with Crippen LogP contribution in [0.5, 0.6) is 0 Å². The molecule has 4 heteroatoms. The average Bonchev–Trinajstić information content (AvgIpc) is 2.67. The van der Waals surface area contributed by atoms with Crippen molar-refractivity contribution >= 4 is 23.2 Å². The Kier molecular flexibility index (Phi) is 5.21. The van der Waals surface area contributed by atoms with Crippen LogP contribution in [-0.2, 0) is 35.3 Å². The van der Waals surface area contributed by atoms with Crippen molar-refractivity contribution in [3.63, 3.8) is 0 Å². The summed E-state index contributed by atoms with van der Waals surface area (Å²) in [5, 5.41) is 6.12. The fourth-order valence-corrected chi connectivity index (χ4v) is 4.81. The molecule has 0 radical (unpaired) electrons. The second-order valence-corrected chi connectivity index (χ2v) is 8.03. The Morgan fingerprint density at radius 3 is 1.43 bits per heavy atom. The van der Waals surface area contributed by atoms with Gasteiger partial charge in [-0.3, -0.25) is 9.59 Å². The minimum atomic E-state index is -0.0668. The second kappa shape index (κ2) is 7.78. The molecule has 0 bridgehead atoms. The van der Waals surface area contributed by atoms with E-state index < -0.39 is 0 Å². The van der Waals surface area contributed by atoms with Gasteiger partial charge >= 0.3 is 0 Å². The maximum absolute atomic E-state index is 11.9. The summed E-state index contributed by atoms with van der Waals surface area (Å²) >= 11 is 0. The van der Waals surface area contributed by atoms with Gasteiger partial charge in [0.15, 0.2) is 0 Å². The zero-order valence-electron chi connectivity index (χ0n) is 16.8. The molecule has 2 aliphatic carbocycles. The van der Waals surface area contributed by atoms with Crippen LogP contribution in [0.15, 0.2) is 24.3 Å². The summed E-state index contributed by atoms with van der Waals surface area (Å²) in [6.07, 6.45) is 8.92. The average molecular weight is 377 g/mol. The third-order valence-corrected chi connectivity index (χ3v) is 5.94. The number of hydrogen-bond donors (Lipinski definition) is 2. The molecule has 0 aromatic heterocycles. The summed E-state index contributed by atoms with van der Waals surface area (Å²) in [6, 6.07) is 8.41. The van der Waals surface area contributed by atoms with E-state index in [9.17, 15) is 9.59 Å². The molecule has 4 rings (SSSR count). The first kappa shape index (κ1) is 18.7. The highest BCUT2D eigenvalue weighted by atomic mass is 16.2. The third kappa shape index (κ3) is 3.56. The lowest BCUT2D eigenvalue weighted by molar-refractivity contribution is -0.115. The van der Waals surface area contributed by atoms with Gasteiger partial charge in [0.25, 0.3) is 0 Å². The minimum Gasteiger partial charge on any atom is -0.326 e. The van der Waals surface area contributed by atoms with Gasteiger partial charge in [-0.25, -0.2) is 0 Å². The van der Waals surface area contributed by atoms with E-state index in [1.54, 1.807) is 13.8 Å². The van der Waals surface area contributed by atoms with E-state index in [4.69, 9.17) is 0 Å². The predicted molar refractivity (Wildman–Crippen MR) is 114 cm³/mol. The molecule has 2 aromatic carbocycles. The Balaban J connectivity index is 2.02. The number of fused-ring (bicyclic) bond motifs is 2. The molecular formula is C24H28N2O2. The van der Waals surface area contributed by atoms with Crippen LogP contribution in [-0.4, -0.2) is 11.8 Å². The van der Waals surface area contributed by atoms with Gasteiger partial charge in [0.05, 0.1) is 0 Å². The number of carbonyl (C=O) groups is 2. The van der Waals surface area contributed by atoms with Crippen molar-refractivity contribution < 1.29 is 9.59 Å². The van der Waals surface area contributed by atoms with Crippen LogP contribution in [0, 0.1) is 0 Å². The van der Waals surface area contributed by atoms with E-state index in [1.165, 1.54) is 35.1 Å². The SMILES string of the molecule is CC(=O)Nc1ccc2c(c1-c1c(NC(C)=O)ccc3c1CCCC3)CCCC2. The number of aryl methyl sites for hydroxylation is 2. The molecule has 0 spiro atoms. The molecule has 0 aliphatic heterocycles. The summed E-state index contributed by atoms with van der Waals surface area (Å²) in [5.74, 6) is -0.134. The normalized spacial score (nSPS) is 15.4. The van der Waals surface area contributed by atoms with Gasteiger partial charge in [0.2, 0.25) is 11.8 Å². The largest absolute Gasteiger partial charge is 0.326 e. The highest BCUT2D eigenvalue weighted by molar-refractivity contribution is 6.02. The number of benzene rings is 2. The lowest BCUT2D eigenvalue weighted by atomic mass is 9.79. The van der Waals surface area contributed by atoms with E-state index >= 15 is 0 Å². The van der Waals surface area contributed by atoms with Crippen molar-refractivity contribution in [2.24, 2.45) is 0 Å². The maximum atomic E-state index is 11.9. The van der Waals surface area contributed by atoms with E-state index in [0.29, 0.717) is 0 Å². The summed E-state index contributed by atoms with van der Waals surface area (Å²) in [6.45, 7) is 3.11. The van der Waals surface area contributed by atoms with Crippen LogP contribution >= 0.6 is 0 Å². The monoisotopic (exact) mass is 376 g/mol. The van der Waals surface area contributed by atoms with Crippen LogP contribution < -0.4 is 10.6 Å². The van der Waals surface area contributed by atoms with Gasteiger partial charge in [0, 0.05) is 36.3 Å². The second-order valence-electron chi connectivity index (χ2n) is 8.03. The molecule has 0 unspecified atom stereocenters. The van der Waals surface area contributed by atoms with Crippen molar-refractivity contribution in [2.75, 3.05) is 10.6 Å². The van der Waals surface area contributed by atoms with Crippen LogP contribution in [0.1, 0.15) is 61.8 Å². The number of nitrogens with one attached hydrogen (secondary N) is 2. The highest BCUT2D eigenvalue weighted by Crippen LogP contribution is 2.45. The van der Waals surface area contributed by atoms with E-state index in [1.807, 2.05) is 12.1 Å². The predicted octanol–water partition coefficient (Wildman–Crippen LogP) is 5.03. The van der Waals surface area contributed by atoms with Crippen LogP contribution in [0.25, 0.3) is 11.1 Å². The van der Waals surface area contributed by atoms with Gasteiger partial charge < -0.3 is 10.6 Å². The fraction of sp³-hybridized carbons (Fsp3) is 0.417. The topological polar surface area (TPSA) is 58.2 Å². The molecule has 2 aromatic rings. The van der Waals surface area contributed by atoms with Crippen molar-refractivity contribution in [1.82, 2.24) is 0 Å². The zero-order chi connectivity index (χ0) is 19.7. The highest BCUT2D eigenvalue weighted by Gasteiger charge is 2.25. The Bertz CT molecular complexity index is 869. The number of rotatable bonds is 3. The summed E-state index contributed by atoms with van der Waals surface area (Å²) in [4.78, 5) is 23.9. The molecule has 0 heterocycles. The molecule has 4 nitrogen and oxygen atoms in total. The molecular weight excluding hydrogens is 348 g/mol. The molecule has 0 saturated carbocycles. The molecule has 146 valence electrons. The Morgan fingerprint density at radius 1 is 0.643 bits per heavy atom. The number of anilines is 2. The molecule has 0 saturated heterocycles. The smallest absolute Gasteiger partial charge is 0.221 e. The van der Waals surface area contributed by atoms with Crippen molar-refractivity contribution in [1.29, 1.82) is 0 Å². The quantitative estimate of drug-likeness (QED) is 0.789. The minimum absolute atomic E-state index is 0.0668. The summed E-state index contributed by atoms with van der Waals surface area (Å²) in [5.41, 5.74) is 9.38. The first-order valence-electron chi connectivity index (χ1n) is 10.4. The third-order valence-electron chi connectivity index (χ3n) is 5.94. The van der Waals surface area contributed by atoms with Gasteiger partial charge in [-0.1, -0.05) is 12.1 Å². The van der Waals surface area contributed by atoms with Crippen molar-refractivity contribution in [2.45, 2.75) is 65.2 Å². The van der Waals surface area contributed by atoms with Gasteiger partial charge in [-0.2, -0.15) is 0 Å². The number of carbonyl (C=O) groups excluding carboxylic acids is 2.